The van der Waals surface area contributed by atoms with Crippen LogP contribution in [0.4, 0.5) is 0 Å². The molecule has 1 unspecified atom stereocenters. The van der Waals surface area contributed by atoms with E-state index in [9.17, 15) is 14.7 Å². The van der Waals surface area contributed by atoms with Crippen LogP contribution in [0.1, 0.15) is 23.7 Å². The van der Waals surface area contributed by atoms with Gasteiger partial charge in [0, 0.05) is 16.5 Å². The molecule has 0 heterocycles. The summed E-state index contributed by atoms with van der Waals surface area (Å²) in [5, 5.41) is 9.80. The third-order valence-corrected chi connectivity index (χ3v) is 4.09. The van der Waals surface area contributed by atoms with E-state index in [4.69, 9.17) is 5.73 Å². The average Bonchev–Trinajstić information content (AvgIpc) is 2.51. The molecule has 0 aliphatic carbocycles. The number of amides is 2. The Morgan fingerprint density at radius 1 is 1.41 bits per heavy atom. The van der Waals surface area contributed by atoms with Gasteiger partial charge < -0.3 is 10.8 Å². The van der Waals surface area contributed by atoms with Crippen LogP contribution in [0.15, 0.2) is 29.2 Å². The maximum absolute atomic E-state index is 11.8. The van der Waals surface area contributed by atoms with Crippen molar-refractivity contribution >= 4 is 36.2 Å². The molecule has 0 radical (unpaired) electrons. The number of benzene rings is 1. The highest BCUT2D eigenvalue weighted by atomic mass is 32.2. The van der Waals surface area contributed by atoms with E-state index in [2.05, 4.69) is 23.5 Å². The van der Waals surface area contributed by atoms with Gasteiger partial charge in [0.25, 0.3) is 11.8 Å². The maximum Gasteiger partial charge on any atom is 0.269 e. The number of rotatable bonds is 7. The first-order valence-corrected chi connectivity index (χ1v) is 8.46. The quantitative estimate of drug-likeness (QED) is 0.283. The second kappa shape index (κ2) is 9.73. The third-order valence-electron chi connectivity index (χ3n) is 2.88. The minimum Gasteiger partial charge on any atom is -0.382 e. The molecule has 0 spiro atoms. The number of aliphatic hydroxyl groups is 1. The fourth-order valence-electron chi connectivity index (χ4n) is 1.63. The SMILES string of the molecule is CCSCC[C@@H](N)C(O)C(=O)NNC(=O)c1cccc(S)c1. The second-order valence-electron chi connectivity index (χ2n) is 4.59. The van der Waals surface area contributed by atoms with Gasteiger partial charge in [0.15, 0.2) is 0 Å². The molecule has 22 heavy (non-hydrogen) atoms. The van der Waals surface area contributed by atoms with E-state index in [1.807, 2.05) is 6.92 Å². The van der Waals surface area contributed by atoms with Gasteiger partial charge in [-0.15, -0.1) is 12.6 Å². The first-order chi connectivity index (χ1) is 10.5. The second-order valence-corrected chi connectivity index (χ2v) is 6.50. The van der Waals surface area contributed by atoms with Gasteiger partial charge in [-0.3, -0.25) is 20.4 Å². The minimum atomic E-state index is -1.37. The van der Waals surface area contributed by atoms with Crippen molar-refractivity contribution in [1.29, 1.82) is 0 Å². The number of nitrogens with two attached hydrogens (primary N) is 1. The zero-order valence-electron chi connectivity index (χ0n) is 12.3. The highest BCUT2D eigenvalue weighted by Gasteiger charge is 2.23. The Hall–Kier alpha value is -1.22. The molecule has 0 bridgehead atoms. The predicted octanol–water partition coefficient (Wildman–Crippen LogP) is 0.568. The number of carbonyl (C=O) groups excluding carboxylic acids is 2. The van der Waals surface area contributed by atoms with E-state index >= 15 is 0 Å². The summed E-state index contributed by atoms with van der Waals surface area (Å²) in [6.45, 7) is 2.02. The summed E-state index contributed by atoms with van der Waals surface area (Å²) in [7, 11) is 0. The van der Waals surface area contributed by atoms with Crippen molar-refractivity contribution in [2.45, 2.75) is 30.4 Å². The number of carbonyl (C=O) groups is 2. The molecule has 122 valence electrons. The van der Waals surface area contributed by atoms with Crippen LogP contribution in [0.5, 0.6) is 0 Å². The van der Waals surface area contributed by atoms with Gasteiger partial charge in [-0.1, -0.05) is 13.0 Å². The van der Waals surface area contributed by atoms with Crippen molar-refractivity contribution < 1.29 is 14.7 Å². The lowest BCUT2D eigenvalue weighted by molar-refractivity contribution is -0.131. The number of hydrogen-bond acceptors (Lipinski definition) is 6. The summed E-state index contributed by atoms with van der Waals surface area (Å²) in [4.78, 5) is 24.2. The van der Waals surface area contributed by atoms with E-state index in [1.54, 1.807) is 36.0 Å². The zero-order valence-corrected chi connectivity index (χ0v) is 14.0. The van der Waals surface area contributed by atoms with E-state index in [0.717, 1.165) is 11.5 Å². The van der Waals surface area contributed by atoms with Crippen LogP contribution in [0.25, 0.3) is 0 Å². The molecule has 0 saturated carbocycles. The molecular weight excluding hydrogens is 322 g/mol. The number of thiol groups is 1. The fourth-order valence-corrected chi connectivity index (χ4v) is 2.58. The molecule has 0 aromatic heterocycles. The molecular formula is C14H21N3O3S2. The molecule has 0 fully saturated rings. The number of hydrogen-bond donors (Lipinski definition) is 5. The highest BCUT2D eigenvalue weighted by Crippen LogP contribution is 2.08. The van der Waals surface area contributed by atoms with Crippen LogP contribution in [0.3, 0.4) is 0 Å². The Kier molecular flexibility index (Phi) is 8.32. The first kappa shape index (κ1) is 18.8. The van der Waals surface area contributed by atoms with Crippen molar-refractivity contribution in [2.24, 2.45) is 5.73 Å². The molecule has 2 atom stereocenters. The summed E-state index contributed by atoms with van der Waals surface area (Å²) in [5.41, 5.74) is 10.5. The van der Waals surface area contributed by atoms with E-state index in [0.29, 0.717) is 16.9 Å². The third kappa shape index (κ3) is 6.27. The molecule has 0 saturated heterocycles. The Balaban J connectivity index is 2.42. The molecule has 0 aliphatic heterocycles. The van der Waals surface area contributed by atoms with Crippen molar-refractivity contribution in [3.8, 4) is 0 Å². The van der Waals surface area contributed by atoms with Crippen LogP contribution >= 0.6 is 24.4 Å². The summed E-state index contributed by atoms with van der Waals surface area (Å²) in [6.07, 6.45) is -0.850. The van der Waals surface area contributed by atoms with Crippen molar-refractivity contribution in [3.05, 3.63) is 29.8 Å². The smallest absolute Gasteiger partial charge is 0.269 e. The van der Waals surface area contributed by atoms with Gasteiger partial charge in [-0.25, -0.2) is 0 Å². The fraction of sp³-hybridized carbons (Fsp3) is 0.429. The first-order valence-electron chi connectivity index (χ1n) is 6.86. The van der Waals surface area contributed by atoms with Crippen LogP contribution in [-0.4, -0.2) is 40.6 Å². The molecule has 6 nitrogen and oxygen atoms in total. The van der Waals surface area contributed by atoms with Crippen LogP contribution < -0.4 is 16.6 Å². The lowest BCUT2D eigenvalue weighted by Crippen LogP contribution is -2.52. The molecule has 1 aromatic rings. The van der Waals surface area contributed by atoms with Crippen LogP contribution in [0, 0.1) is 0 Å². The Morgan fingerprint density at radius 3 is 2.77 bits per heavy atom. The van der Waals surface area contributed by atoms with Gasteiger partial charge in [0.05, 0.1) is 0 Å². The van der Waals surface area contributed by atoms with E-state index in [1.165, 1.54) is 0 Å². The molecule has 2 amide bonds. The standard InChI is InChI=1S/C14H21N3O3S2/c1-2-22-7-6-11(15)12(18)14(20)17-16-13(19)9-4-3-5-10(21)8-9/h3-5,8,11-12,18,21H,2,6-7,15H2,1H3,(H,16,19)(H,17,20)/t11-,12?/m1/s1. The normalized spacial score (nSPS) is 13.3. The van der Waals surface area contributed by atoms with Crippen molar-refractivity contribution in [3.63, 3.8) is 0 Å². The Labute approximate surface area is 139 Å². The molecule has 8 heteroatoms. The van der Waals surface area contributed by atoms with Gasteiger partial charge in [-0.2, -0.15) is 11.8 Å². The van der Waals surface area contributed by atoms with Crippen molar-refractivity contribution in [1.82, 2.24) is 10.9 Å². The van der Waals surface area contributed by atoms with Crippen LogP contribution in [-0.2, 0) is 4.79 Å². The van der Waals surface area contributed by atoms with Crippen LogP contribution in [0.2, 0.25) is 0 Å². The number of hydrazine groups is 1. The lowest BCUT2D eigenvalue weighted by atomic mass is 10.1. The number of thioether (sulfide) groups is 1. The molecule has 1 rings (SSSR count). The molecule has 5 N–H and O–H groups in total. The summed E-state index contributed by atoms with van der Waals surface area (Å²) < 4.78 is 0. The van der Waals surface area contributed by atoms with E-state index < -0.39 is 24.0 Å². The van der Waals surface area contributed by atoms with Crippen molar-refractivity contribution in [2.75, 3.05) is 11.5 Å². The maximum atomic E-state index is 11.8. The Morgan fingerprint density at radius 2 is 2.14 bits per heavy atom. The predicted molar refractivity (Wildman–Crippen MR) is 90.9 cm³/mol. The minimum absolute atomic E-state index is 0.353. The molecule has 1 aromatic carbocycles. The average molecular weight is 343 g/mol. The van der Waals surface area contributed by atoms with Gasteiger partial charge in [0.2, 0.25) is 0 Å². The van der Waals surface area contributed by atoms with Gasteiger partial charge in [-0.05, 0) is 36.1 Å². The monoisotopic (exact) mass is 343 g/mol. The van der Waals surface area contributed by atoms with Gasteiger partial charge >= 0.3 is 0 Å². The number of aliphatic hydroxyl groups excluding tert-OH is 1. The zero-order chi connectivity index (χ0) is 16.5. The highest BCUT2D eigenvalue weighted by molar-refractivity contribution is 7.99. The Bertz CT molecular complexity index is 514. The van der Waals surface area contributed by atoms with E-state index in [-0.39, 0.29) is 0 Å². The summed E-state index contributed by atoms with van der Waals surface area (Å²) in [6, 6.07) is 5.89. The largest absolute Gasteiger partial charge is 0.382 e. The lowest BCUT2D eigenvalue weighted by Gasteiger charge is -2.18. The number of nitrogens with one attached hydrogen (secondary N) is 2. The summed E-state index contributed by atoms with van der Waals surface area (Å²) >= 11 is 5.81. The topological polar surface area (TPSA) is 104 Å². The molecule has 0 aliphatic rings. The van der Waals surface area contributed by atoms with Gasteiger partial charge in [0.1, 0.15) is 6.10 Å². The summed E-state index contributed by atoms with van der Waals surface area (Å²) in [5.74, 6) is 0.495.